The predicted octanol–water partition coefficient (Wildman–Crippen LogP) is 5.42. The fraction of sp³-hybridized carbons (Fsp3) is 0.389. The number of alkyl carbamates (subject to hydrolysis) is 1. The fourth-order valence-electron chi connectivity index (χ4n) is 5.77. The van der Waals surface area contributed by atoms with Crippen LogP contribution in [0.15, 0.2) is 66.7 Å². The Labute approximate surface area is 280 Å². The molecule has 1 aliphatic rings. The van der Waals surface area contributed by atoms with Crippen LogP contribution in [0.4, 0.5) is 16.2 Å². The van der Waals surface area contributed by atoms with Crippen molar-refractivity contribution in [2.75, 3.05) is 17.6 Å². The molecule has 0 spiro atoms. The minimum atomic E-state index is -0.804. The molecule has 0 radical (unpaired) electrons. The van der Waals surface area contributed by atoms with Gasteiger partial charge in [-0.2, -0.15) is 5.21 Å². The number of H-pyrrole nitrogens is 1. The number of nitrogen functional groups attached to an aromatic ring is 1. The Morgan fingerprint density at radius 2 is 1.60 bits per heavy atom. The highest BCUT2D eigenvalue weighted by molar-refractivity contribution is 5.97. The first-order valence-electron chi connectivity index (χ1n) is 16.3. The van der Waals surface area contributed by atoms with Crippen LogP contribution in [-0.2, 0) is 20.7 Å². The number of amides is 3. The molecule has 3 amide bonds. The number of hydrogen-bond acceptors (Lipinski definition) is 8. The van der Waals surface area contributed by atoms with Gasteiger partial charge in [0, 0.05) is 35.8 Å². The zero-order chi connectivity index (χ0) is 34.3. The average Bonchev–Trinajstić information content (AvgIpc) is 3.60. The SMILES string of the molecule is Cc1ccc(-c2ccc(C[C@H](NC(=O)C3CCC(CNC(=O)OC(C)(C)C)CC3)C(=O)Nc3ccc(-c4nn[nH]n4)cc3)cc2)cc1N. The lowest BCUT2D eigenvalue weighted by Gasteiger charge is -2.29. The Hall–Kier alpha value is -5.26. The van der Waals surface area contributed by atoms with Gasteiger partial charge in [0.25, 0.3) is 0 Å². The van der Waals surface area contributed by atoms with Crippen LogP contribution in [-0.4, -0.2) is 56.7 Å². The van der Waals surface area contributed by atoms with Crippen LogP contribution >= 0.6 is 0 Å². The smallest absolute Gasteiger partial charge is 0.407 e. The van der Waals surface area contributed by atoms with Crippen LogP contribution in [0.1, 0.15) is 57.6 Å². The van der Waals surface area contributed by atoms with Crippen molar-refractivity contribution in [1.82, 2.24) is 31.3 Å². The van der Waals surface area contributed by atoms with Gasteiger partial charge in [0.15, 0.2) is 0 Å². The van der Waals surface area contributed by atoms with Crippen molar-refractivity contribution in [2.45, 2.75) is 71.4 Å². The first kappa shape index (κ1) is 34.1. The van der Waals surface area contributed by atoms with Gasteiger partial charge in [-0.05, 0) is 117 Å². The molecule has 0 saturated heterocycles. The highest BCUT2D eigenvalue weighted by Gasteiger charge is 2.30. The lowest BCUT2D eigenvalue weighted by molar-refractivity contribution is -0.130. The van der Waals surface area contributed by atoms with Crippen LogP contribution < -0.4 is 21.7 Å². The third-order valence-electron chi connectivity index (χ3n) is 8.55. The number of nitrogens with zero attached hydrogens (tertiary/aromatic N) is 3. The number of anilines is 2. The lowest BCUT2D eigenvalue weighted by Crippen LogP contribution is -2.48. The molecule has 0 bridgehead atoms. The van der Waals surface area contributed by atoms with Gasteiger partial charge in [-0.25, -0.2) is 4.79 Å². The molecule has 12 heteroatoms. The van der Waals surface area contributed by atoms with Crippen molar-refractivity contribution in [2.24, 2.45) is 11.8 Å². The number of aromatic amines is 1. The summed E-state index contributed by atoms with van der Waals surface area (Å²) in [5.41, 5.74) is 11.6. The second kappa shape index (κ2) is 15.1. The maximum atomic E-state index is 13.7. The highest BCUT2D eigenvalue weighted by atomic mass is 16.6. The van der Waals surface area contributed by atoms with E-state index in [1.165, 1.54) is 0 Å². The average molecular weight is 653 g/mol. The normalized spacial score (nSPS) is 16.8. The number of hydrogen-bond donors (Lipinski definition) is 5. The first-order chi connectivity index (χ1) is 22.9. The van der Waals surface area contributed by atoms with Crippen molar-refractivity contribution >= 4 is 29.3 Å². The molecular weight excluding hydrogens is 608 g/mol. The van der Waals surface area contributed by atoms with E-state index in [-0.39, 0.29) is 23.7 Å². The minimum Gasteiger partial charge on any atom is -0.444 e. The Balaban J connectivity index is 1.23. The molecule has 1 saturated carbocycles. The summed E-state index contributed by atoms with van der Waals surface area (Å²) in [7, 11) is 0. The number of aryl methyl sites for hydroxylation is 1. The number of carbonyl (C=O) groups excluding carboxylic acids is 3. The quantitative estimate of drug-likeness (QED) is 0.141. The molecule has 6 N–H and O–H groups in total. The summed E-state index contributed by atoms with van der Waals surface area (Å²) in [5, 5.41) is 22.8. The standard InChI is InChI=1S/C36H44N8O4/c1-22-5-10-28(20-30(22)37)25-11-6-23(7-12-25)19-31(34(46)39-29-17-15-26(16-18-29)32-41-43-44-42-32)40-33(45)27-13-8-24(9-14-27)21-38-35(47)48-36(2,3)4/h5-7,10-12,15-18,20,24,27,31H,8-9,13-14,19,21,37H2,1-4H3,(H,38,47)(H,39,46)(H,40,45)(H,41,42,43,44)/t24?,27?,31-/m0/s1. The fourth-order valence-corrected chi connectivity index (χ4v) is 5.77. The van der Waals surface area contributed by atoms with Gasteiger partial charge >= 0.3 is 6.09 Å². The van der Waals surface area contributed by atoms with Crippen molar-refractivity contribution in [3.63, 3.8) is 0 Å². The Kier molecular flexibility index (Phi) is 10.7. The van der Waals surface area contributed by atoms with Crippen molar-refractivity contribution in [3.8, 4) is 22.5 Å². The first-order valence-corrected chi connectivity index (χ1v) is 16.3. The van der Waals surface area contributed by atoms with E-state index in [9.17, 15) is 14.4 Å². The van der Waals surface area contributed by atoms with E-state index in [0.717, 1.165) is 46.3 Å². The number of tetrazole rings is 1. The van der Waals surface area contributed by atoms with Crippen LogP contribution in [0.5, 0.6) is 0 Å². The summed E-state index contributed by atoms with van der Waals surface area (Å²) in [4.78, 5) is 39.3. The monoisotopic (exact) mass is 652 g/mol. The van der Waals surface area contributed by atoms with Crippen LogP contribution in [0.3, 0.4) is 0 Å². The van der Waals surface area contributed by atoms with E-state index in [0.29, 0.717) is 37.3 Å². The summed E-state index contributed by atoms with van der Waals surface area (Å²) in [5.74, 6) is 0.0273. The number of rotatable bonds is 10. The van der Waals surface area contributed by atoms with Crippen LogP contribution in [0.2, 0.25) is 0 Å². The molecule has 3 aromatic carbocycles. The number of benzene rings is 3. The number of aromatic nitrogens is 4. The molecule has 1 atom stereocenters. The van der Waals surface area contributed by atoms with E-state index >= 15 is 0 Å². The van der Waals surface area contributed by atoms with Gasteiger partial charge in [0.2, 0.25) is 17.6 Å². The summed E-state index contributed by atoms with van der Waals surface area (Å²) < 4.78 is 5.34. The number of carbonyl (C=O) groups is 3. The molecule has 0 unspecified atom stereocenters. The molecular formula is C36H44N8O4. The Morgan fingerprint density at radius 1 is 0.938 bits per heavy atom. The topological polar surface area (TPSA) is 177 Å². The van der Waals surface area contributed by atoms with Crippen molar-refractivity contribution in [1.29, 1.82) is 0 Å². The summed E-state index contributed by atoms with van der Waals surface area (Å²) in [6.45, 7) is 7.96. The molecule has 5 rings (SSSR count). The molecule has 48 heavy (non-hydrogen) atoms. The largest absolute Gasteiger partial charge is 0.444 e. The molecule has 1 aliphatic carbocycles. The number of nitrogens with two attached hydrogens (primary N) is 1. The molecule has 1 fully saturated rings. The Bertz CT molecular complexity index is 1690. The summed E-state index contributed by atoms with van der Waals surface area (Å²) >= 11 is 0. The molecule has 1 aromatic heterocycles. The molecule has 252 valence electrons. The third kappa shape index (κ3) is 9.40. The van der Waals surface area contributed by atoms with Gasteiger partial charge in [0.05, 0.1) is 0 Å². The zero-order valence-electron chi connectivity index (χ0n) is 27.9. The lowest BCUT2D eigenvalue weighted by atomic mass is 9.81. The highest BCUT2D eigenvalue weighted by Crippen LogP contribution is 2.29. The molecule has 0 aliphatic heterocycles. The van der Waals surface area contributed by atoms with Gasteiger partial charge in [-0.3, -0.25) is 9.59 Å². The number of ether oxygens (including phenoxy) is 1. The minimum absolute atomic E-state index is 0.145. The van der Waals surface area contributed by atoms with Crippen molar-refractivity contribution < 1.29 is 19.1 Å². The third-order valence-corrected chi connectivity index (χ3v) is 8.55. The van der Waals surface area contributed by atoms with E-state index in [2.05, 4.69) is 36.6 Å². The van der Waals surface area contributed by atoms with Gasteiger partial charge in [-0.15, -0.1) is 10.2 Å². The van der Waals surface area contributed by atoms with E-state index < -0.39 is 17.7 Å². The van der Waals surface area contributed by atoms with E-state index in [4.69, 9.17) is 10.5 Å². The summed E-state index contributed by atoms with van der Waals surface area (Å²) in [6, 6.07) is 20.2. The maximum Gasteiger partial charge on any atom is 0.407 e. The van der Waals surface area contributed by atoms with Crippen molar-refractivity contribution in [3.05, 3.63) is 77.9 Å². The van der Waals surface area contributed by atoms with Gasteiger partial charge in [-0.1, -0.05) is 36.4 Å². The van der Waals surface area contributed by atoms with E-state index in [1.807, 2.05) is 70.2 Å². The van der Waals surface area contributed by atoms with Crippen LogP contribution in [0.25, 0.3) is 22.5 Å². The summed E-state index contributed by atoms with van der Waals surface area (Å²) in [6.07, 6.45) is 2.81. The maximum absolute atomic E-state index is 13.7. The van der Waals surface area contributed by atoms with Crippen LogP contribution in [0, 0.1) is 18.8 Å². The predicted molar refractivity (Wildman–Crippen MR) is 185 cm³/mol. The Morgan fingerprint density at radius 3 is 2.23 bits per heavy atom. The second-order valence-electron chi connectivity index (χ2n) is 13.4. The van der Waals surface area contributed by atoms with Gasteiger partial charge < -0.3 is 26.4 Å². The molecule has 4 aromatic rings. The zero-order valence-corrected chi connectivity index (χ0v) is 27.9. The number of nitrogens with one attached hydrogen (secondary N) is 4. The molecule has 1 heterocycles. The van der Waals surface area contributed by atoms with E-state index in [1.54, 1.807) is 24.3 Å². The second-order valence-corrected chi connectivity index (χ2v) is 13.4. The molecule has 12 nitrogen and oxygen atoms in total. The van der Waals surface area contributed by atoms with Gasteiger partial charge in [0.1, 0.15) is 11.6 Å².